The number of H-pyrrole nitrogens is 1. The van der Waals surface area contributed by atoms with E-state index in [1.54, 1.807) is 0 Å². The first kappa shape index (κ1) is 39.3. The van der Waals surface area contributed by atoms with Crippen LogP contribution in [-0.4, -0.2) is 73.7 Å². The number of likely N-dealkylation sites (N-methyl/N-ethyl adjacent to an activating group) is 1. The zero-order valence-corrected chi connectivity index (χ0v) is 33.5. The van der Waals surface area contributed by atoms with E-state index in [9.17, 15) is 14.4 Å². The van der Waals surface area contributed by atoms with Gasteiger partial charge in [-0.1, -0.05) is 31.2 Å². The number of ether oxygens (including phenoxy) is 1. The van der Waals surface area contributed by atoms with Gasteiger partial charge in [0.05, 0.1) is 0 Å². The highest BCUT2D eigenvalue weighted by molar-refractivity contribution is 5.98. The number of aromatic nitrogens is 1. The lowest BCUT2D eigenvalue weighted by molar-refractivity contribution is -0.123. The Kier molecular flexibility index (Phi) is 12.4. The highest BCUT2D eigenvalue weighted by Gasteiger charge is 2.57. The smallest absolute Gasteiger partial charge is 0.253 e. The number of aromatic amines is 1. The zero-order valence-electron chi connectivity index (χ0n) is 33.5. The van der Waals surface area contributed by atoms with Crippen LogP contribution in [0.5, 0.6) is 0 Å². The van der Waals surface area contributed by atoms with E-state index in [0.29, 0.717) is 23.1 Å². The van der Waals surface area contributed by atoms with Gasteiger partial charge in [-0.3, -0.25) is 19.3 Å². The molecule has 10 nitrogen and oxygen atoms in total. The van der Waals surface area contributed by atoms with E-state index in [1.807, 2.05) is 32.9 Å². The average Bonchev–Trinajstić information content (AvgIpc) is 3.54. The lowest BCUT2D eigenvalue weighted by Crippen LogP contribution is -2.38. The average molecular weight is 751 g/mol. The van der Waals surface area contributed by atoms with E-state index in [0.717, 1.165) is 117 Å². The number of carbonyl (C=O) groups excluding carboxylic acids is 2. The monoisotopic (exact) mass is 750 g/mol. The maximum Gasteiger partial charge on any atom is 0.253 e. The Hall–Kier alpha value is -3.99. The van der Waals surface area contributed by atoms with Crippen LogP contribution in [0, 0.1) is 43.9 Å². The van der Waals surface area contributed by atoms with Crippen LogP contribution < -0.4 is 26.8 Å². The fourth-order valence-corrected chi connectivity index (χ4v) is 10.4. The summed E-state index contributed by atoms with van der Waals surface area (Å²) in [6.45, 7) is 14.6. The second-order valence-electron chi connectivity index (χ2n) is 17.1. The van der Waals surface area contributed by atoms with Crippen LogP contribution in [-0.2, 0) is 22.6 Å². The number of amides is 2. The third-order valence-corrected chi connectivity index (χ3v) is 13.2. The van der Waals surface area contributed by atoms with Crippen LogP contribution in [0.1, 0.15) is 96.6 Å². The van der Waals surface area contributed by atoms with Gasteiger partial charge in [-0.25, -0.2) is 0 Å². The van der Waals surface area contributed by atoms with Gasteiger partial charge in [0.15, 0.2) is 0 Å². The second-order valence-corrected chi connectivity index (χ2v) is 17.1. The van der Waals surface area contributed by atoms with Crippen molar-refractivity contribution in [2.45, 2.75) is 98.2 Å². The molecule has 8 rings (SSSR count). The van der Waals surface area contributed by atoms with Crippen LogP contribution in [0.25, 0.3) is 11.1 Å². The van der Waals surface area contributed by atoms with E-state index in [-0.39, 0.29) is 30.0 Å². The normalized spacial score (nSPS) is 23.0. The molecular formula is C45H62N6O4. The molecule has 1 aliphatic heterocycles. The molecule has 5 aliphatic rings. The number of carbonyl (C=O) groups is 2. The Morgan fingerprint density at radius 1 is 0.909 bits per heavy atom. The Morgan fingerprint density at radius 3 is 2.36 bits per heavy atom. The number of rotatable bonds is 17. The van der Waals surface area contributed by atoms with E-state index >= 15 is 0 Å². The van der Waals surface area contributed by atoms with Crippen LogP contribution in [0.2, 0.25) is 0 Å². The Labute approximate surface area is 327 Å². The Bertz CT molecular complexity index is 1870. The second kappa shape index (κ2) is 17.4. The van der Waals surface area contributed by atoms with E-state index in [4.69, 9.17) is 4.74 Å². The van der Waals surface area contributed by atoms with Crippen molar-refractivity contribution in [3.05, 3.63) is 86.3 Å². The van der Waals surface area contributed by atoms with Crippen molar-refractivity contribution in [3.8, 4) is 11.1 Å². The largest absolute Gasteiger partial charge is 0.382 e. The summed E-state index contributed by atoms with van der Waals surface area (Å²) in [6.07, 6.45) is 9.29. The van der Waals surface area contributed by atoms with Crippen molar-refractivity contribution in [2.75, 3.05) is 51.3 Å². The van der Waals surface area contributed by atoms with Crippen molar-refractivity contribution >= 4 is 17.5 Å². The highest BCUT2D eigenvalue weighted by atomic mass is 16.5. The standard InChI is InChI=1S/C45H62N6O4/c1-5-51(15-14-46-12-13-47-42(52)26-45-24-33-19-34(25-45)21-37(45)20-33)28-32-6-8-35(9-7-32)36-22-39(31(4)41(23-36)50-38-10-16-55-17-11-38)43(53)48-27-40-29(2)18-30(3)49-44(40)54/h6-9,18,22-23,33-34,37-38,46,50H,5,10-17,19-21,24-28H2,1-4H3,(H,47,52)(H,48,53)(H,49,54). The van der Waals surface area contributed by atoms with Gasteiger partial charge in [0.1, 0.15) is 0 Å². The Morgan fingerprint density at radius 2 is 1.65 bits per heavy atom. The molecule has 1 aromatic heterocycles. The first-order valence-corrected chi connectivity index (χ1v) is 20.8. The van der Waals surface area contributed by atoms with Gasteiger partial charge in [0, 0.05) is 87.5 Å². The fraction of sp³-hybridized carbons (Fsp3) is 0.578. The minimum atomic E-state index is -0.206. The third kappa shape index (κ3) is 9.35. The third-order valence-electron chi connectivity index (χ3n) is 13.2. The van der Waals surface area contributed by atoms with Gasteiger partial charge in [0.2, 0.25) is 5.91 Å². The topological polar surface area (TPSA) is 128 Å². The summed E-state index contributed by atoms with van der Waals surface area (Å²) >= 11 is 0. The summed E-state index contributed by atoms with van der Waals surface area (Å²) < 4.78 is 5.59. The highest BCUT2D eigenvalue weighted by Crippen LogP contribution is 2.66. The minimum absolute atomic E-state index is 0.156. The SMILES string of the molecule is CCN(CCNCCNC(=O)CC12CC3CC(CC1C3)C2)Cc1ccc(-c2cc(NC3CCOCC3)c(C)c(C(=O)NCc3c(C)cc(C)[nH]c3=O)c2)cc1. The number of hydrogen-bond donors (Lipinski definition) is 5. The van der Waals surface area contributed by atoms with Gasteiger partial charge in [-0.2, -0.15) is 0 Å². The molecule has 10 heteroatoms. The lowest BCUT2D eigenvalue weighted by Gasteiger charge is -2.32. The van der Waals surface area contributed by atoms with Crippen LogP contribution in [0.3, 0.4) is 0 Å². The molecule has 4 bridgehead atoms. The van der Waals surface area contributed by atoms with Crippen molar-refractivity contribution in [2.24, 2.45) is 23.2 Å². The summed E-state index contributed by atoms with van der Waals surface area (Å²) in [5, 5.41) is 13.5. The number of nitrogens with one attached hydrogen (secondary N) is 5. The molecule has 1 saturated heterocycles. The lowest BCUT2D eigenvalue weighted by atomic mass is 9.73. The van der Waals surface area contributed by atoms with Gasteiger partial charge in [0.25, 0.3) is 11.5 Å². The maximum absolute atomic E-state index is 13.7. The maximum atomic E-state index is 13.7. The molecule has 2 heterocycles. The molecule has 4 saturated carbocycles. The molecule has 0 radical (unpaired) electrons. The van der Waals surface area contributed by atoms with E-state index < -0.39 is 0 Å². The minimum Gasteiger partial charge on any atom is -0.382 e. The number of pyridine rings is 1. The number of nitrogens with zero attached hydrogens (tertiary/aromatic N) is 1. The zero-order chi connectivity index (χ0) is 38.5. The first-order chi connectivity index (χ1) is 26.6. The van der Waals surface area contributed by atoms with E-state index in [2.05, 4.69) is 68.4 Å². The van der Waals surface area contributed by atoms with Crippen molar-refractivity contribution < 1.29 is 14.3 Å². The molecule has 5 fully saturated rings. The van der Waals surface area contributed by atoms with Crippen LogP contribution in [0.15, 0.2) is 47.3 Å². The van der Waals surface area contributed by atoms with Gasteiger partial charge in [-0.15, -0.1) is 0 Å². The predicted octanol–water partition coefficient (Wildman–Crippen LogP) is 6.23. The molecular weight excluding hydrogens is 689 g/mol. The predicted molar refractivity (Wildman–Crippen MR) is 219 cm³/mol. The summed E-state index contributed by atoms with van der Waals surface area (Å²) in [6, 6.07) is 15.0. The van der Waals surface area contributed by atoms with Crippen LogP contribution >= 0.6 is 0 Å². The molecule has 5 N–H and O–H groups in total. The van der Waals surface area contributed by atoms with Crippen molar-refractivity contribution in [3.63, 3.8) is 0 Å². The van der Waals surface area contributed by atoms with Gasteiger partial charge < -0.3 is 31.0 Å². The molecule has 2 atom stereocenters. The summed E-state index contributed by atoms with van der Waals surface area (Å²) in [4.78, 5) is 44.5. The first-order valence-electron chi connectivity index (χ1n) is 20.8. The number of hydrogen-bond acceptors (Lipinski definition) is 7. The van der Waals surface area contributed by atoms with Crippen LogP contribution in [0.4, 0.5) is 5.69 Å². The van der Waals surface area contributed by atoms with E-state index in [1.165, 1.54) is 37.7 Å². The molecule has 296 valence electrons. The Balaban J connectivity index is 0.929. The summed E-state index contributed by atoms with van der Waals surface area (Å²) in [5.74, 6) is 2.62. The number of aryl methyl sites for hydroxylation is 2. The number of benzene rings is 2. The molecule has 0 spiro atoms. The summed E-state index contributed by atoms with van der Waals surface area (Å²) in [5.41, 5.74) is 8.03. The molecule has 2 amide bonds. The molecule has 3 aromatic rings. The van der Waals surface area contributed by atoms with Crippen molar-refractivity contribution in [1.82, 2.24) is 25.8 Å². The quantitative estimate of drug-likeness (QED) is 0.104. The van der Waals surface area contributed by atoms with Gasteiger partial charge >= 0.3 is 0 Å². The van der Waals surface area contributed by atoms with Crippen molar-refractivity contribution in [1.29, 1.82) is 0 Å². The van der Waals surface area contributed by atoms with Gasteiger partial charge in [-0.05, 0) is 141 Å². The molecule has 4 aliphatic carbocycles. The molecule has 2 aromatic carbocycles. The molecule has 2 unspecified atom stereocenters. The number of anilines is 1. The summed E-state index contributed by atoms with van der Waals surface area (Å²) in [7, 11) is 0. The fourth-order valence-electron chi connectivity index (χ4n) is 10.4. The molecule has 55 heavy (non-hydrogen) atoms.